The summed E-state index contributed by atoms with van der Waals surface area (Å²) in [5.41, 5.74) is 0.504. The molecule has 3 aliphatic carbocycles. The largest absolute Gasteiger partial charge is 0.129 e. The first-order chi connectivity index (χ1) is 14.5. The van der Waals surface area contributed by atoms with E-state index in [1.54, 1.807) is 0 Å². The van der Waals surface area contributed by atoms with E-state index in [-0.39, 0.29) is 10.8 Å². The molecule has 0 bridgehead atoms. The molecule has 0 aromatic carbocycles. The quantitative estimate of drug-likeness (QED) is 0.202. The maximum absolute atomic E-state index is 7.26. The lowest BCUT2D eigenvalue weighted by atomic mass is 9.43. The fraction of sp³-hybridized carbons (Fsp3) is 1.00. The van der Waals surface area contributed by atoms with Crippen LogP contribution in [-0.4, -0.2) is 4.33 Å². The van der Waals surface area contributed by atoms with Crippen LogP contribution in [0.2, 0.25) is 0 Å². The lowest BCUT2D eigenvalue weighted by Gasteiger charge is -2.69. The minimum atomic E-state index is -0.446. The van der Waals surface area contributed by atoms with Gasteiger partial charge in [0.2, 0.25) is 0 Å². The van der Waals surface area contributed by atoms with Crippen LogP contribution < -0.4 is 0 Å². The lowest BCUT2D eigenvalue weighted by Crippen LogP contribution is -2.66. The summed E-state index contributed by atoms with van der Waals surface area (Å²) < 4.78 is -0.446. The van der Waals surface area contributed by atoms with E-state index >= 15 is 0 Å². The summed E-state index contributed by atoms with van der Waals surface area (Å²) in [7, 11) is 0. The molecule has 176 valence electrons. The van der Waals surface area contributed by atoms with Crippen molar-refractivity contribution in [2.45, 2.75) is 153 Å². The number of rotatable bonds is 12. The molecular formula is C28H50Cl2. The second-order valence-electron chi connectivity index (χ2n) is 11.6. The van der Waals surface area contributed by atoms with E-state index in [9.17, 15) is 0 Å². The van der Waals surface area contributed by atoms with Gasteiger partial charge in [-0.1, -0.05) is 90.9 Å². The minimum absolute atomic E-state index is 0.252. The Labute approximate surface area is 198 Å². The third-order valence-electron chi connectivity index (χ3n) is 9.57. The molecule has 0 aromatic rings. The Hall–Kier alpha value is 0.580. The van der Waals surface area contributed by atoms with Crippen LogP contribution in [0.5, 0.6) is 0 Å². The van der Waals surface area contributed by atoms with Gasteiger partial charge in [-0.15, -0.1) is 23.2 Å². The van der Waals surface area contributed by atoms with Crippen molar-refractivity contribution in [2.75, 3.05) is 0 Å². The van der Waals surface area contributed by atoms with Gasteiger partial charge in [-0.05, 0) is 69.6 Å². The predicted octanol–water partition coefficient (Wildman–Crippen LogP) is 10.6. The summed E-state index contributed by atoms with van der Waals surface area (Å²) in [6.45, 7) is 4.61. The Morgan fingerprint density at radius 2 is 0.933 bits per heavy atom. The molecule has 0 nitrogen and oxygen atoms in total. The Bertz CT molecular complexity index is 439. The highest BCUT2D eigenvalue weighted by Crippen LogP contribution is 2.76. The summed E-state index contributed by atoms with van der Waals surface area (Å²) in [5, 5.41) is 0. The van der Waals surface area contributed by atoms with Gasteiger partial charge in [-0.2, -0.15) is 0 Å². The van der Waals surface area contributed by atoms with E-state index in [1.165, 1.54) is 135 Å². The Balaban J connectivity index is 1.38. The van der Waals surface area contributed by atoms with Crippen LogP contribution in [0.1, 0.15) is 149 Å². The number of hydrogen-bond acceptors (Lipinski definition) is 0. The number of unbranched alkanes of at least 4 members (excludes halogenated alkanes) is 8. The van der Waals surface area contributed by atoms with Crippen molar-refractivity contribution >= 4 is 23.2 Å². The van der Waals surface area contributed by atoms with Gasteiger partial charge in [-0.25, -0.2) is 0 Å². The molecule has 0 saturated heterocycles. The van der Waals surface area contributed by atoms with E-state index in [0.29, 0.717) is 0 Å². The molecule has 3 fully saturated rings. The fourth-order valence-electron chi connectivity index (χ4n) is 7.42. The van der Waals surface area contributed by atoms with Crippen LogP contribution in [0.15, 0.2) is 0 Å². The fourth-order valence-corrected chi connectivity index (χ4v) is 8.44. The van der Waals surface area contributed by atoms with Gasteiger partial charge in [0, 0.05) is 10.8 Å². The van der Waals surface area contributed by atoms with Gasteiger partial charge in [0.05, 0.1) is 0 Å². The van der Waals surface area contributed by atoms with Gasteiger partial charge in [0.25, 0.3) is 0 Å². The normalized spacial score (nSPS) is 35.6. The first kappa shape index (κ1) is 25.2. The molecule has 2 heteroatoms. The first-order valence-electron chi connectivity index (χ1n) is 13.9. The molecule has 0 unspecified atom stereocenters. The van der Waals surface area contributed by atoms with Crippen LogP contribution in [0.4, 0.5) is 0 Å². The molecule has 3 aliphatic rings. The second kappa shape index (κ2) is 11.6. The van der Waals surface area contributed by atoms with Gasteiger partial charge in [0.1, 0.15) is 4.33 Å². The molecule has 0 amide bonds. The average molecular weight is 458 g/mol. The van der Waals surface area contributed by atoms with Gasteiger partial charge in [0.15, 0.2) is 0 Å². The monoisotopic (exact) mass is 456 g/mol. The lowest BCUT2D eigenvalue weighted by molar-refractivity contribution is -0.115. The zero-order chi connectivity index (χ0) is 21.5. The molecule has 0 aromatic heterocycles. The SMILES string of the molecule is CCCCCCCC1CCC2(CC1)CC1(CCC(CCCCCCC)CC1)C2(Cl)Cl. The topological polar surface area (TPSA) is 0 Å². The van der Waals surface area contributed by atoms with Gasteiger partial charge in [-0.3, -0.25) is 0 Å². The third kappa shape index (κ3) is 5.55. The van der Waals surface area contributed by atoms with E-state index < -0.39 is 4.33 Å². The molecule has 2 spiro atoms. The smallest absolute Gasteiger partial charge is 0.100 e. The Kier molecular flexibility index (Phi) is 9.77. The van der Waals surface area contributed by atoms with Crippen molar-refractivity contribution < 1.29 is 0 Å². The van der Waals surface area contributed by atoms with Crippen molar-refractivity contribution in [1.82, 2.24) is 0 Å². The highest BCUT2D eigenvalue weighted by Gasteiger charge is 2.72. The third-order valence-corrected chi connectivity index (χ3v) is 11.2. The van der Waals surface area contributed by atoms with Crippen molar-refractivity contribution in [3.05, 3.63) is 0 Å². The molecule has 0 aliphatic heterocycles. The number of halogens is 2. The average Bonchev–Trinajstić information content (AvgIpc) is 2.75. The maximum atomic E-state index is 7.26. The summed E-state index contributed by atoms with van der Waals surface area (Å²) in [4.78, 5) is 0. The van der Waals surface area contributed by atoms with E-state index in [2.05, 4.69) is 13.8 Å². The van der Waals surface area contributed by atoms with Crippen molar-refractivity contribution in [3.8, 4) is 0 Å². The maximum Gasteiger partial charge on any atom is 0.129 e. The molecule has 3 rings (SSSR count). The molecule has 0 radical (unpaired) electrons. The van der Waals surface area contributed by atoms with Crippen molar-refractivity contribution in [1.29, 1.82) is 0 Å². The van der Waals surface area contributed by atoms with Crippen LogP contribution in [-0.2, 0) is 0 Å². The molecule has 0 heterocycles. The molecule has 0 atom stereocenters. The minimum Gasteiger partial charge on any atom is -0.100 e. The molecular weight excluding hydrogens is 407 g/mol. The first-order valence-corrected chi connectivity index (χ1v) is 14.6. The van der Waals surface area contributed by atoms with Crippen LogP contribution >= 0.6 is 23.2 Å². The van der Waals surface area contributed by atoms with Gasteiger partial charge < -0.3 is 0 Å². The summed E-state index contributed by atoms with van der Waals surface area (Å²) in [5.74, 6) is 1.89. The Morgan fingerprint density at radius 3 is 1.27 bits per heavy atom. The summed E-state index contributed by atoms with van der Waals surface area (Å²) in [6, 6.07) is 0. The standard InChI is InChI=1S/C28H50Cl2/c1-3-5-7-9-11-13-24-15-19-26(20-16-24)23-27(28(26,29)30)21-17-25(18-22-27)14-12-10-8-6-4-2/h24-25H,3-23H2,1-2H3. The van der Waals surface area contributed by atoms with Crippen molar-refractivity contribution in [2.24, 2.45) is 22.7 Å². The van der Waals surface area contributed by atoms with Crippen LogP contribution in [0.25, 0.3) is 0 Å². The molecule has 30 heavy (non-hydrogen) atoms. The number of hydrogen-bond donors (Lipinski definition) is 0. The van der Waals surface area contributed by atoms with Crippen LogP contribution in [0, 0.1) is 22.7 Å². The van der Waals surface area contributed by atoms with E-state index in [0.717, 1.165) is 11.8 Å². The number of alkyl halides is 2. The van der Waals surface area contributed by atoms with Gasteiger partial charge >= 0.3 is 0 Å². The second-order valence-corrected chi connectivity index (χ2v) is 12.9. The summed E-state index contributed by atoms with van der Waals surface area (Å²) in [6.07, 6.45) is 29.1. The van der Waals surface area contributed by atoms with Crippen molar-refractivity contribution in [3.63, 3.8) is 0 Å². The van der Waals surface area contributed by atoms with E-state index in [1.807, 2.05) is 0 Å². The zero-order valence-electron chi connectivity index (χ0n) is 20.3. The van der Waals surface area contributed by atoms with E-state index in [4.69, 9.17) is 23.2 Å². The highest BCUT2D eigenvalue weighted by molar-refractivity contribution is 6.50. The zero-order valence-corrected chi connectivity index (χ0v) is 21.8. The molecule has 0 N–H and O–H groups in total. The molecule has 3 saturated carbocycles. The Morgan fingerprint density at radius 1 is 0.567 bits per heavy atom. The predicted molar refractivity (Wildman–Crippen MR) is 135 cm³/mol. The highest BCUT2D eigenvalue weighted by atomic mass is 35.5. The summed E-state index contributed by atoms with van der Waals surface area (Å²) >= 11 is 14.5. The van der Waals surface area contributed by atoms with Crippen LogP contribution in [0.3, 0.4) is 0 Å².